The van der Waals surface area contributed by atoms with Gasteiger partial charge in [0.15, 0.2) is 0 Å². The number of carbonyl (C=O) groups excluding carboxylic acids is 2. The third-order valence-electron chi connectivity index (χ3n) is 5.98. The number of hydrogen-bond donors (Lipinski definition) is 1. The normalized spacial score (nSPS) is 13.0. The molecule has 2 aromatic carbocycles. The number of rotatable bonds is 12. The molecule has 0 unspecified atom stereocenters. The Bertz CT molecular complexity index is 1170. The second kappa shape index (κ2) is 13.1. The highest BCUT2D eigenvalue weighted by Gasteiger charge is 2.32. The Balaban J connectivity index is 2.47. The molecule has 0 saturated carbocycles. The first-order chi connectivity index (χ1) is 16.9. The molecule has 198 valence electrons. The number of hydrogen-bond acceptors (Lipinski definition) is 5. The van der Waals surface area contributed by atoms with Gasteiger partial charge in [0.1, 0.15) is 18.3 Å². The average Bonchev–Trinajstić information content (AvgIpc) is 2.83. The minimum absolute atomic E-state index is 0.0569. The summed E-state index contributed by atoms with van der Waals surface area (Å²) in [4.78, 5) is 28.4. The zero-order valence-electron chi connectivity index (χ0n) is 21.7. The maximum atomic E-state index is 13.7. The maximum absolute atomic E-state index is 13.7. The fraction of sp³-hybridized carbons (Fsp3) is 0.462. The predicted octanol–water partition coefficient (Wildman–Crippen LogP) is 4.25. The van der Waals surface area contributed by atoms with Gasteiger partial charge in [-0.05, 0) is 68.1 Å². The molecule has 0 bridgehead atoms. The lowest BCUT2D eigenvalue weighted by atomic mass is 10.1. The molecule has 2 rings (SSSR count). The number of sulfonamides is 1. The van der Waals surface area contributed by atoms with Crippen LogP contribution in [0.3, 0.4) is 0 Å². The molecular formula is C26H36BrN3O5S. The van der Waals surface area contributed by atoms with Crippen LogP contribution in [0.5, 0.6) is 5.75 Å². The Labute approximate surface area is 223 Å². The van der Waals surface area contributed by atoms with Crippen LogP contribution in [0.2, 0.25) is 0 Å². The molecule has 0 heterocycles. The largest absolute Gasteiger partial charge is 0.497 e. The first-order valence-corrected chi connectivity index (χ1v) is 14.5. The van der Waals surface area contributed by atoms with E-state index in [1.54, 1.807) is 37.4 Å². The molecule has 0 aliphatic carbocycles. The Morgan fingerprint density at radius 3 is 2.36 bits per heavy atom. The van der Waals surface area contributed by atoms with E-state index in [9.17, 15) is 18.0 Å². The van der Waals surface area contributed by atoms with Crippen LogP contribution in [-0.2, 0) is 26.2 Å². The van der Waals surface area contributed by atoms with Gasteiger partial charge in [0.05, 0.1) is 19.1 Å². The van der Waals surface area contributed by atoms with Gasteiger partial charge in [0, 0.05) is 17.1 Å². The molecule has 1 N–H and O–H groups in total. The van der Waals surface area contributed by atoms with Gasteiger partial charge in [-0.25, -0.2) is 8.42 Å². The molecule has 36 heavy (non-hydrogen) atoms. The molecule has 0 spiro atoms. The van der Waals surface area contributed by atoms with Crippen LogP contribution in [0, 0.1) is 6.92 Å². The van der Waals surface area contributed by atoms with Crippen LogP contribution < -0.4 is 14.4 Å². The quantitative estimate of drug-likeness (QED) is 0.404. The van der Waals surface area contributed by atoms with E-state index in [-0.39, 0.29) is 18.5 Å². The van der Waals surface area contributed by atoms with Gasteiger partial charge in [-0.1, -0.05) is 41.9 Å². The zero-order valence-corrected chi connectivity index (χ0v) is 24.1. The predicted molar refractivity (Wildman–Crippen MR) is 147 cm³/mol. The second-order valence-corrected chi connectivity index (χ2v) is 11.6. The molecule has 0 radical (unpaired) electrons. The highest BCUT2D eigenvalue weighted by molar-refractivity contribution is 9.10. The maximum Gasteiger partial charge on any atom is 0.244 e. The van der Waals surface area contributed by atoms with Crippen LogP contribution in [0.15, 0.2) is 46.9 Å². The lowest BCUT2D eigenvalue weighted by Crippen LogP contribution is -2.53. The van der Waals surface area contributed by atoms with Crippen molar-refractivity contribution in [2.24, 2.45) is 0 Å². The number of aryl methyl sites for hydroxylation is 1. The van der Waals surface area contributed by atoms with E-state index in [0.29, 0.717) is 17.9 Å². The molecule has 10 heteroatoms. The summed E-state index contributed by atoms with van der Waals surface area (Å²) >= 11 is 3.42. The van der Waals surface area contributed by atoms with Gasteiger partial charge in [-0.15, -0.1) is 0 Å². The Morgan fingerprint density at radius 2 is 1.81 bits per heavy atom. The number of halogens is 1. The van der Waals surface area contributed by atoms with Crippen molar-refractivity contribution in [1.29, 1.82) is 0 Å². The lowest BCUT2D eigenvalue weighted by molar-refractivity contribution is -0.140. The van der Waals surface area contributed by atoms with Gasteiger partial charge < -0.3 is 15.0 Å². The highest BCUT2D eigenvalue weighted by Crippen LogP contribution is 2.25. The van der Waals surface area contributed by atoms with Crippen molar-refractivity contribution in [3.05, 3.63) is 58.1 Å². The highest BCUT2D eigenvalue weighted by atomic mass is 79.9. The van der Waals surface area contributed by atoms with E-state index >= 15 is 0 Å². The van der Waals surface area contributed by atoms with Crippen LogP contribution in [0.4, 0.5) is 5.69 Å². The van der Waals surface area contributed by atoms with E-state index in [1.807, 2.05) is 39.8 Å². The summed E-state index contributed by atoms with van der Waals surface area (Å²) in [6.45, 7) is 7.24. The number of ether oxygens (including phenoxy) is 1. The van der Waals surface area contributed by atoms with Crippen LogP contribution >= 0.6 is 15.9 Å². The Kier molecular flexibility index (Phi) is 10.8. The van der Waals surface area contributed by atoms with Crippen molar-refractivity contribution in [3.63, 3.8) is 0 Å². The van der Waals surface area contributed by atoms with Crippen molar-refractivity contribution >= 4 is 43.5 Å². The van der Waals surface area contributed by atoms with Gasteiger partial charge in [0.2, 0.25) is 21.8 Å². The van der Waals surface area contributed by atoms with Gasteiger partial charge in [-0.3, -0.25) is 13.9 Å². The van der Waals surface area contributed by atoms with Crippen LogP contribution in [-0.4, -0.2) is 57.1 Å². The second-order valence-electron chi connectivity index (χ2n) is 8.82. The fourth-order valence-corrected chi connectivity index (χ4v) is 4.81. The summed E-state index contributed by atoms with van der Waals surface area (Å²) in [5, 5.41) is 2.96. The molecule has 2 amide bonds. The summed E-state index contributed by atoms with van der Waals surface area (Å²) in [6.07, 6.45) is 2.18. The number of carbonyl (C=O) groups is 2. The standard InChI is InChI=1S/C26H36BrN3O5S/c1-7-19(4)28-26(32)24(8-2)29(16-20-10-9-11-22(15-20)35-5)25(31)17-30(36(6,33)34)21-12-13-23(27)18(3)14-21/h9-15,19,24H,7-8,16-17H2,1-6H3,(H,28,32)/t19-,24+/m0/s1. The molecule has 0 aliphatic heterocycles. The van der Waals surface area contributed by atoms with E-state index in [4.69, 9.17) is 4.74 Å². The van der Waals surface area contributed by atoms with Crippen molar-refractivity contribution in [3.8, 4) is 5.75 Å². The third-order valence-corrected chi connectivity index (χ3v) is 8.01. The SMILES string of the molecule is CC[C@H](C(=O)N[C@@H](C)CC)N(Cc1cccc(OC)c1)C(=O)CN(c1ccc(Br)c(C)c1)S(C)(=O)=O. The summed E-state index contributed by atoms with van der Waals surface area (Å²) in [7, 11) is -2.23. The molecule has 2 atom stereocenters. The van der Waals surface area contributed by atoms with E-state index in [1.165, 1.54) is 4.90 Å². The Hall–Kier alpha value is -2.59. The Morgan fingerprint density at radius 1 is 1.11 bits per heavy atom. The zero-order chi connectivity index (χ0) is 27.0. The first kappa shape index (κ1) is 29.6. The van der Waals surface area contributed by atoms with Crippen molar-refractivity contribution in [1.82, 2.24) is 10.2 Å². The van der Waals surface area contributed by atoms with Gasteiger partial charge in [0.25, 0.3) is 0 Å². The summed E-state index contributed by atoms with van der Waals surface area (Å²) < 4.78 is 32.7. The smallest absolute Gasteiger partial charge is 0.244 e. The third kappa shape index (κ3) is 7.96. The number of methoxy groups -OCH3 is 1. The molecule has 0 aromatic heterocycles. The molecule has 2 aromatic rings. The van der Waals surface area contributed by atoms with Gasteiger partial charge >= 0.3 is 0 Å². The van der Waals surface area contributed by atoms with Crippen molar-refractivity contribution in [2.75, 3.05) is 24.2 Å². The van der Waals surface area contributed by atoms with E-state index in [0.717, 1.165) is 32.6 Å². The summed E-state index contributed by atoms with van der Waals surface area (Å²) in [6, 6.07) is 11.5. The minimum atomic E-state index is -3.79. The van der Waals surface area contributed by atoms with Crippen molar-refractivity contribution < 1.29 is 22.7 Å². The molecule has 0 aliphatic rings. The molecular weight excluding hydrogens is 546 g/mol. The van der Waals surface area contributed by atoms with Crippen molar-refractivity contribution in [2.45, 2.75) is 59.2 Å². The number of anilines is 1. The summed E-state index contributed by atoms with van der Waals surface area (Å²) in [5.74, 6) is -0.122. The van der Waals surface area contributed by atoms with Crippen LogP contribution in [0.25, 0.3) is 0 Å². The minimum Gasteiger partial charge on any atom is -0.497 e. The average molecular weight is 583 g/mol. The first-order valence-electron chi connectivity index (χ1n) is 11.9. The lowest BCUT2D eigenvalue weighted by Gasteiger charge is -2.33. The van der Waals surface area contributed by atoms with Crippen LogP contribution in [0.1, 0.15) is 44.7 Å². The molecule has 0 fully saturated rings. The topological polar surface area (TPSA) is 96.0 Å². The molecule has 0 saturated heterocycles. The summed E-state index contributed by atoms with van der Waals surface area (Å²) in [5.41, 5.74) is 1.98. The van der Waals surface area contributed by atoms with Gasteiger partial charge in [-0.2, -0.15) is 0 Å². The monoisotopic (exact) mass is 581 g/mol. The van der Waals surface area contributed by atoms with E-state index < -0.39 is 28.5 Å². The molecule has 8 nitrogen and oxygen atoms in total. The fourth-order valence-electron chi connectivity index (χ4n) is 3.73. The van der Waals surface area contributed by atoms with E-state index in [2.05, 4.69) is 21.2 Å². The number of nitrogens with one attached hydrogen (secondary N) is 1. The number of amides is 2. The number of nitrogens with zero attached hydrogens (tertiary/aromatic N) is 2. The number of benzene rings is 2.